The molecule has 2 aliphatic heterocycles. The Labute approximate surface area is 169 Å². The van der Waals surface area contributed by atoms with Gasteiger partial charge in [-0.3, -0.25) is 9.80 Å². The van der Waals surface area contributed by atoms with Crippen molar-refractivity contribution in [3.05, 3.63) is 59.7 Å². The van der Waals surface area contributed by atoms with Gasteiger partial charge in [0.25, 0.3) is 0 Å². The Morgan fingerprint density at radius 2 is 1.68 bits per heavy atom. The van der Waals surface area contributed by atoms with Crippen LogP contribution >= 0.6 is 0 Å². The Hall–Kier alpha value is -2.04. The molecule has 28 heavy (non-hydrogen) atoms. The van der Waals surface area contributed by atoms with Crippen molar-refractivity contribution in [3.63, 3.8) is 0 Å². The predicted molar refractivity (Wildman–Crippen MR) is 116 cm³/mol. The van der Waals surface area contributed by atoms with Crippen LogP contribution in [0.5, 0.6) is 5.75 Å². The Balaban J connectivity index is 1.33. The minimum atomic E-state index is 0.692. The van der Waals surface area contributed by atoms with Crippen LogP contribution in [0.4, 0.5) is 5.69 Å². The summed E-state index contributed by atoms with van der Waals surface area (Å²) in [5, 5.41) is 0. The van der Waals surface area contributed by atoms with Crippen molar-refractivity contribution in [3.8, 4) is 5.75 Å². The van der Waals surface area contributed by atoms with Crippen molar-refractivity contribution in [1.82, 2.24) is 9.80 Å². The van der Waals surface area contributed by atoms with E-state index in [4.69, 9.17) is 4.74 Å². The Morgan fingerprint density at radius 1 is 0.929 bits per heavy atom. The summed E-state index contributed by atoms with van der Waals surface area (Å²) in [7, 11) is 1.76. The zero-order valence-electron chi connectivity index (χ0n) is 17.3. The van der Waals surface area contributed by atoms with Crippen LogP contribution in [0.15, 0.2) is 48.5 Å². The fourth-order valence-electron chi connectivity index (χ4n) is 4.72. The molecule has 150 valence electrons. The molecule has 0 aliphatic carbocycles. The number of piperidine rings is 1. The Bertz CT molecular complexity index is 770. The van der Waals surface area contributed by atoms with Crippen LogP contribution in [-0.2, 0) is 6.54 Å². The highest BCUT2D eigenvalue weighted by molar-refractivity contribution is 5.58. The number of ether oxygens (including phenoxy) is 1. The molecule has 1 atom stereocenters. The fourth-order valence-corrected chi connectivity index (χ4v) is 4.72. The lowest BCUT2D eigenvalue weighted by Crippen LogP contribution is -2.55. The topological polar surface area (TPSA) is 19.0 Å². The maximum atomic E-state index is 5.56. The molecule has 0 N–H and O–H groups in total. The third-order valence-corrected chi connectivity index (χ3v) is 6.39. The lowest BCUT2D eigenvalue weighted by atomic mass is 10.0. The first-order chi connectivity index (χ1) is 13.7. The number of methoxy groups -OCH3 is 1. The number of aryl methyl sites for hydroxylation is 1. The molecule has 4 heteroatoms. The standard InChI is InChI=1S/C24H33N3O/c1-20-8-3-4-9-21(20)18-25-13-7-10-22(19-25)26-14-16-27(17-15-26)23-11-5-6-12-24(23)28-2/h3-6,8-9,11-12,22H,7,10,13-19H2,1-2H3. The summed E-state index contributed by atoms with van der Waals surface area (Å²) >= 11 is 0. The normalized spacial score (nSPS) is 21.6. The Morgan fingerprint density at radius 3 is 2.46 bits per heavy atom. The smallest absolute Gasteiger partial charge is 0.142 e. The second kappa shape index (κ2) is 8.97. The highest BCUT2D eigenvalue weighted by Crippen LogP contribution is 2.29. The summed E-state index contributed by atoms with van der Waals surface area (Å²) in [5.74, 6) is 0.984. The molecule has 2 heterocycles. The van der Waals surface area contributed by atoms with E-state index in [1.807, 2.05) is 6.07 Å². The van der Waals surface area contributed by atoms with E-state index in [1.165, 1.54) is 42.7 Å². The van der Waals surface area contributed by atoms with Gasteiger partial charge >= 0.3 is 0 Å². The number of para-hydroxylation sites is 2. The van der Waals surface area contributed by atoms with Crippen molar-refractivity contribution in [2.45, 2.75) is 32.4 Å². The zero-order chi connectivity index (χ0) is 19.3. The van der Waals surface area contributed by atoms with Crippen LogP contribution in [0.25, 0.3) is 0 Å². The number of hydrogen-bond acceptors (Lipinski definition) is 4. The maximum Gasteiger partial charge on any atom is 0.142 e. The molecular weight excluding hydrogens is 346 g/mol. The number of benzene rings is 2. The number of hydrogen-bond donors (Lipinski definition) is 0. The first-order valence-corrected chi connectivity index (χ1v) is 10.6. The largest absolute Gasteiger partial charge is 0.495 e. The van der Waals surface area contributed by atoms with Gasteiger partial charge in [0.15, 0.2) is 0 Å². The maximum absolute atomic E-state index is 5.56. The predicted octanol–water partition coefficient (Wildman–Crippen LogP) is 3.79. The van der Waals surface area contributed by atoms with Gasteiger partial charge in [0.1, 0.15) is 5.75 Å². The van der Waals surface area contributed by atoms with Crippen LogP contribution in [0.1, 0.15) is 24.0 Å². The molecule has 0 amide bonds. The molecule has 4 rings (SSSR count). The number of nitrogens with zero attached hydrogens (tertiary/aromatic N) is 3. The summed E-state index contributed by atoms with van der Waals surface area (Å²) < 4.78 is 5.56. The minimum Gasteiger partial charge on any atom is -0.495 e. The van der Waals surface area contributed by atoms with Crippen LogP contribution in [0.3, 0.4) is 0 Å². The molecule has 0 bridgehead atoms. The molecule has 1 unspecified atom stereocenters. The molecule has 2 aromatic carbocycles. The van der Waals surface area contributed by atoms with Gasteiger partial charge in [-0.25, -0.2) is 0 Å². The second-order valence-corrected chi connectivity index (χ2v) is 8.15. The van der Waals surface area contributed by atoms with Gasteiger partial charge < -0.3 is 9.64 Å². The number of likely N-dealkylation sites (tertiary alicyclic amines) is 1. The molecule has 0 saturated carbocycles. The number of piperazine rings is 1. The summed E-state index contributed by atoms with van der Waals surface area (Å²) in [6, 6.07) is 17.9. The lowest BCUT2D eigenvalue weighted by Gasteiger charge is -2.44. The van der Waals surface area contributed by atoms with E-state index in [2.05, 4.69) is 64.1 Å². The van der Waals surface area contributed by atoms with E-state index in [0.29, 0.717) is 6.04 Å². The number of rotatable bonds is 5. The summed E-state index contributed by atoms with van der Waals surface area (Å²) in [4.78, 5) is 7.85. The van der Waals surface area contributed by atoms with E-state index < -0.39 is 0 Å². The molecule has 2 aliphatic rings. The average molecular weight is 380 g/mol. The molecule has 0 aromatic heterocycles. The SMILES string of the molecule is COc1ccccc1N1CCN(C2CCCN(Cc3ccccc3C)C2)CC1. The van der Waals surface area contributed by atoms with Gasteiger partial charge in [0.2, 0.25) is 0 Å². The van der Waals surface area contributed by atoms with Crippen LogP contribution in [-0.4, -0.2) is 62.2 Å². The van der Waals surface area contributed by atoms with Gasteiger partial charge in [-0.15, -0.1) is 0 Å². The van der Waals surface area contributed by atoms with Crippen molar-refractivity contribution in [2.24, 2.45) is 0 Å². The quantitative estimate of drug-likeness (QED) is 0.787. The molecule has 0 spiro atoms. The van der Waals surface area contributed by atoms with Crippen molar-refractivity contribution >= 4 is 5.69 Å². The molecular formula is C24H33N3O. The third-order valence-electron chi connectivity index (χ3n) is 6.39. The molecule has 2 fully saturated rings. The minimum absolute atomic E-state index is 0.692. The Kier molecular flexibility index (Phi) is 6.18. The fraction of sp³-hybridized carbons (Fsp3) is 0.500. The first kappa shape index (κ1) is 19.3. The van der Waals surface area contributed by atoms with E-state index >= 15 is 0 Å². The van der Waals surface area contributed by atoms with E-state index in [9.17, 15) is 0 Å². The van der Waals surface area contributed by atoms with Crippen LogP contribution < -0.4 is 9.64 Å². The van der Waals surface area contributed by atoms with Gasteiger partial charge in [-0.1, -0.05) is 36.4 Å². The lowest BCUT2D eigenvalue weighted by molar-refractivity contribution is 0.0886. The summed E-state index contributed by atoms with van der Waals surface area (Å²) in [6.45, 7) is 10.2. The monoisotopic (exact) mass is 379 g/mol. The van der Waals surface area contributed by atoms with Crippen molar-refractivity contribution < 1.29 is 4.74 Å². The van der Waals surface area contributed by atoms with Crippen LogP contribution in [0.2, 0.25) is 0 Å². The van der Waals surface area contributed by atoms with E-state index in [0.717, 1.165) is 38.5 Å². The van der Waals surface area contributed by atoms with E-state index in [-0.39, 0.29) is 0 Å². The van der Waals surface area contributed by atoms with E-state index in [1.54, 1.807) is 7.11 Å². The highest BCUT2D eigenvalue weighted by atomic mass is 16.5. The average Bonchev–Trinajstić information content (AvgIpc) is 2.76. The van der Waals surface area contributed by atoms with Crippen molar-refractivity contribution in [2.75, 3.05) is 51.3 Å². The van der Waals surface area contributed by atoms with Crippen molar-refractivity contribution in [1.29, 1.82) is 0 Å². The second-order valence-electron chi connectivity index (χ2n) is 8.15. The summed E-state index contributed by atoms with van der Waals surface area (Å²) in [5.41, 5.74) is 4.12. The summed E-state index contributed by atoms with van der Waals surface area (Å²) in [6.07, 6.45) is 2.64. The molecule has 2 aromatic rings. The van der Waals surface area contributed by atoms with Crippen LogP contribution in [0, 0.1) is 6.92 Å². The number of anilines is 1. The highest BCUT2D eigenvalue weighted by Gasteiger charge is 2.28. The van der Waals surface area contributed by atoms with Gasteiger partial charge in [0.05, 0.1) is 12.8 Å². The molecule has 0 radical (unpaired) electrons. The zero-order valence-corrected chi connectivity index (χ0v) is 17.3. The van der Waals surface area contributed by atoms with Gasteiger partial charge in [0, 0.05) is 45.3 Å². The third kappa shape index (κ3) is 4.34. The molecule has 2 saturated heterocycles. The molecule has 4 nitrogen and oxygen atoms in total. The van der Waals surface area contributed by atoms with Gasteiger partial charge in [-0.05, 0) is 49.6 Å². The van der Waals surface area contributed by atoms with Gasteiger partial charge in [-0.2, -0.15) is 0 Å². The first-order valence-electron chi connectivity index (χ1n) is 10.6.